The lowest BCUT2D eigenvalue weighted by atomic mass is 10.0. The van der Waals surface area contributed by atoms with E-state index in [1.54, 1.807) is 12.1 Å². The third kappa shape index (κ3) is 8.61. The van der Waals surface area contributed by atoms with Gasteiger partial charge in [-0.1, -0.05) is 83.9 Å². The number of primary amides is 1. The van der Waals surface area contributed by atoms with Crippen molar-refractivity contribution in [1.82, 2.24) is 15.2 Å². The zero-order valence-electron chi connectivity index (χ0n) is 25.3. The molecular formula is C37H37ClN4O3. The van der Waals surface area contributed by atoms with Crippen LogP contribution in [0.3, 0.4) is 0 Å². The molecule has 4 N–H and O–H groups in total. The topological polar surface area (TPSA) is 106 Å². The van der Waals surface area contributed by atoms with Gasteiger partial charge in [0, 0.05) is 40.8 Å². The largest absolute Gasteiger partial charge is 0.369 e. The first-order valence-corrected chi connectivity index (χ1v) is 15.5. The summed E-state index contributed by atoms with van der Waals surface area (Å²) in [5, 5.41) is 7.40. The minimum Gasteiger partial charge on any atom is -0.369 e. The van der Waals surface area contributed by atoms with E-state index in [0.717, 1.165) is 33.2 Å². The molecule has 0 saturated heterocycles. The number of aromatic nitrogens is 1. The molecule has 8 heteroatoms. The maximum absolute atomic E-state index is 13.6. The molecule has 0 bridgehead atoms. The van der Waals surface area contributed by atoms with E-state index < -0.39 is 11.9 Å². The van der Waals surface area contributed by atoms with Gasteiger partial charge in [-0.2, -0.15) is 0 Å². The molecular weight excluding hydrogens is 584 g/mol. The lowest BCUT2D eigenvalue weighted by Crippen LogP contribution is -2.47. The van der Waals surface area contributed by atoms with Crippen molar-refractivity contribution in [3.63, 3.8) is 0 Å². The maximum Gasteiger partial charge on any atom is 0.251 e. The van der Waals surface area contributed by atoms with Crippen molar-refractivity contribution < 1.29 is 14.4 Å². The number of amides is 3. The van der Waals surface area contributed by atoms with E-state index >= 15 is 0 Å². The first kappa shape index (κ1) is 31.5. The fraction of sp³-hybridized carbons (Fsp3) is 0.216. The molecule has 4 aromatic carbocycles. The highest BCUT2D eigenvalue weighted by Crippen LogP contribution is 2.25. The molecule has 3 amide bonds. The molecule has 7 nitrogen and oxygen atoms in total. The van der Waals surface area contributed by atoms with Crippen molar-refractivity contribution in [3.05, 3.63) is 142 Å². The Morgan fingerprint density at radius 3 is 2.24 bits per heavy atom. The molecule has 5 aromatic rings. The number of nitrogens with zero attached hydrogens (tertiary/aromatic N) is 1. The Morgan fingerprint density at radius 1 is 0.844 bits per heavy atom. The van der Waals surface area contributed by atoms with E-state index in [9.17, 15) is 14.4 Å². The van der Waals surface area contributed by atoms with Crippen molar-refractivity contribution in [2.75, 3.05) is 6.54 Å². The fourth-order valence-corrected chi connectivity index (χ4v) is 5.56. The predicted octanol–water partition coefficient (Wildman–Crippen LogP) is 5.77. The van der Waals surface area contributed by atoms with E-state index in [2.05, 4.69) is 39.5 Å². The molecule has 0 spiro atoms. The smallest absolute Gasteiger partial charge is 0.251 e. The highest BCUT2D eigenvalue weighted by atomic mass is 35.5. The molecule has 0 aliphatic heterocycles. The summed E-state index contributed by atoms with van der Waals surface area (Å²) in [7, 11) is 0. The first-order chi connectivity index (χ1) is 21.7. The number of benzene rings is 4. The second kappa shape index (κ2) is 14.7. The lowest BCUT2D eigenvalue weighted by molar-refractivity contribution is -0.123. The number of halogens is 1. The molecule has 230 valence electrons. The Labute approximate surface area is 268 Å². The van der Waals surface area contributed by atoms with E-state index in [0.29, 0.717) is 42.9 Å². The second-order valence-corrected chi connectivity index (χ2v) is 11.8. The van der Waals surface area contributed by atoms with Crippen LogP contribution in [0, 0.1) is 6.92 Å². The summed E-state index contributed by atoms with van der Waals surface area (Å²) in [6.07, 6.45) is 3.68. The van der Waals surface area contributed by atoms with Gasteiger partial charge in [-0.3, -0.25) is 14.4 Å². The number of nitrogens with two attached hydrogens (primary N) is 1. The van der Waals surface area contributed by atoms with Crippen LogP contribution in [0.5, 0.6) is 0 Å². The molecule has 0 saturated carbocycles. The normalized spacial score (nSPS) is 11.7. The molecule has 5 rings (SSSR count). The van der Waals surface area contributed by atoms with E-state index in [4.69, 9.17) is 17.3 Å². The number of carbonyl (C=O) groups is 3. The number of hydrogen-bond acceptors (Lipinski definition) is 3. The van der Waals surface area contributed by atoms with E-state index in [1.807, 2.05) is 73.8 Å². The number of fused-ring (bicyclic) bond motifs is 1. The minimum atomic E-state index is -0.741. The highest BCUT2D eigenvalue weighted by Gasteiger charge is 2.22. The van der Waals surface area contributed by atoms with Crippen molar-refractivity contribution in [2.24, 2.45) is 5.73 Å². The summed E-state index contributed by atoms with van der Waals surface area (Å²) in [6.45, 7) is 3.08. The quantitative estimate of drug-likeness (QED) is 0.156. The Balaban J connectivity index is 1.34. The van der Waals surface area contributed by atoms with Gasteiger partial charge in [-0.15, -0.1) is 0 Å². The molecule has 0 aliphatic rings. The van der Waals surface area contributed by atoms with Crippen LogP contribution in [-0.4, -0.2) is 34.9 Å². The zero-order chi connectivity index (χ0) is 31.8. The third-order valence-electron chi connectivity index (χ3n) is 7.88. The SMILES string of the molecule is Cc1ccc(Cn2cc(CC(N)=O)c3cc(C(=O)N[C@@H](CCc4ccccc4)C(=O)NCCc4ccc(Cl)cc4)ccc32)cc1. The zero-order valence-corrected chi connectivity index (χ0v) is 26.0. The summed E-state index contributed by atoms with van der Waals surface area (Å²) in [6, 6.07) is 30.3. The molecule has 45 heavy (non-hydrogen) atoms. The van der Waals surface area contributed by atoms with Crippen LogP contribution in [-0.2, 0) is 35.4 Å². The lowest BCUT2D eigenvalue weighted by Gasteiger charge is -2.19. The monoisotopic (exact) mass is 620 g/mol. The molecule has 0 aliphatic carbocycles. The molecule has 0 fully saturated rings. The van der Waals surface area contributed by atoms with Gasteiger partial charge in [0.1, 0.15) is 6.04 Å². The van der Waals surface area contributed by atoms with Gasteiger partial charge < -0.3 is 20.9 Å². The van der Waals surface area contributed by atoms with Gasteiger partial charge in [-0.25, -0.2) is 0 Å². The number of rotatable bonds is 13. The maximum atomic E-state index is 13.6. The van der Waals surface area contributed by atoms with Crippen LogP contribution >= 0.6 is 11.6 Å². The van der Waals surface area contributed by atoms with Gasteiger partial charge in [-0.05, 0) is 78.8 Å². The van der Waals surface area contributed by atoms with Crippen molar-refractivity contribution in [2.45, 2.75) is 45.2 Å². The second-order valence-electron chi connectivity index (χ2n) is 11.4. The highest BCUT2D eigenvalue weighted by molar-refractivity contribution is 6.30. The van der Waals surface area contributed by atoms with Gasteiger partial charge >= 0.3 is 0 Å². The van der Waals surface area contributed by atoms with Crippen molar-refractivity contribution in [3.8, 4) is 0 Å². The molecule has 1 heterocycles. The van der Waals surface area contributed by atoms with E-state index in [1.165, 1.54) is 5.56 Å². The molecule has 0 radical (unpaired) electrons. The van der Waals surface area contributed by atoms with Crippen LogP contribution < -0.4 is 16.4 Å². The summed E-state index contributed by atoms with van der Waals surface area (Å²) >= 11 is 5.99. The van der Waals surface area contributed by atoms with E-state index in [-0.39, 0.29) is 18.2 Å². The number of aryl methyl sites for hydroxylation is 2. The summed E-state index contributed by atoms with van der Waals surface area (Å²) in [5.74, 6) is -1.05. The number of hydrogen-bond donors (Lipinski definition) is 3. The average Bonchev–Trinajstić information content (AvgIpc) is 3.36. The Kier molecular flexibility index (Phi) is 10.3. The Hall–Kier alpha value is -4.88. The third-order valence-corrected chi connectivity index (χ3v) is 8.13. The Bertz CT molecular complexity index is 1780. The van der Waals surface area contributed by atoms with Gasteiger partial charge in [0.2, 0.25) is 11.8 Å². The average molecular weight is 621 g/mol. The fourth-order valence-electron chi connectivity index (χ4n) is 5.43. The van der Waals surface area contributed by atoms with Crippen LogP contribution in [0.4, 0.5) is 0 Å². The number of nitrogens with one attached hydrogen (secondary N) is 2. The first-order valence-electron chi connectivity index (χ1n) is 15.1. The van der Waals surface area contributed by atoms with Crippen LogP contribution in [0.15, 0.2) is 103 Å². The Morgan fingerprint density at radius 2 is 1.53 bits per heavy atom. The summed E-state index contributed by atoms with van der Waals surface area (Å²) in [5.41, 5.74) is 12.1. The standard InChI is InChI=1S/C37H37ClN4O3/c1-25-7-9-28(10-8-25)23-42-24-30(22-35(39)43)32-21-29(14-18-34(32)42)36(44)41-33(17-13-26-5-3-2-4-6-26)37(45)40-20-19-27-11-15-31(38)16-12-27/h2-12,14-16,18,21,24,33H,13,17,19-20,22-23H2,1H3,(H2,39,43)(H,40,45)(H,41,44)/t33-/m0/s1. The van der Waals surface area contributed by atoms with Crippen molar-refractivity contribution >= 4 is 40.2 Å². The molecule has 1 atom stereocenters. The minimum absolute atomic E-state index is 0.0538. The van der Waals surface area contributed by atoms with Crippen LogP contribution in [0.25, 0.3) is 10.9 Å². The van der Waals surface area contributed by atoms with Crippen molar-refractivity contribution in [1.29, 1.82) is 0 Å². The van der Waals surface area contributed by atoms with Gasteiger partial charge in [0.25, 0.3) is 5.91 Å². The molecule has 0 unspecified atom stereocenters. The summed E-state index contributed by atoms with van der Waals surface area (Å²) in [4.78, 5) is 38.9. The summed E-state index contributed by atoms with van der Waals surface area (Å²) < 4.78 is 2.07. The molecule has 1 aromatic heterocycles. The van der Waals surface area contributed by atoms with Gasteiger partial charge in [0.05, 0.1) is 6.42 Å². The van der Waals surface area contributed by atoms with Crippen LogP contribution in [0.2, 0.25) is 5.02 Å². The van der Waals surface area contributed by atoms with Gasteiger partial charge in [0.15, 0.2) is 0 Å². The van der Waals surface area contributed by atoms with Crippen LogP contribution in [0.1, 0.15) is 44.6 Å². The predicted molar refractivity (Wildman–Crippen MR) is 179 cm³/mol. The number of carbonyl (C=O) groups excluding carboxylic acids is 3.